The van der Waals surface area contributed by atoms with Crippen molar-refractivity contribution >= 4 is 28.9 Å². The van der Waals surface area contributed by atoms with Gasteiger partial charge in [0.1, 0.15) is 17.0 Å². The molecule has 0 aromatic carbocycles. The minimum absolute atomic E-state index is 0.307. The van der Waals surface area contributed by atoms with Crippen molar-refractivity contribution in [3.63, 3.8) is 0 Å². The van der Waals surface area contributed by atoms with E-state index in [1.165, 1.54) is 11.2 Å². The van der Waals surface area contributed by atoms with E-state index in [0.29, 0.717) is 18.1 Å². The fraction of sp³-hybridized carbons (Fsp3) is 0.385. The van der Waals surface area contributed by atoms with Crippen LogP contribution in [0.15, 0.2) is 12.5 Å². The molecule has 0 aliphatic carbocycles. The van der Waals surface area contributed by atoms with E-state index in [-0.39, 0.29) is 6.03 Å². The Hall–Kier alpha value is -2.22. The van der Waals surface area contributed by atoms with Crippen LogP contribution in [0.2, 0.25) is 0 Å². The average molecular weight is 306 g/mol. The fourth-order valence-electron chi connectivity index (χ4n) is 1.70. The number of hydrogen-bond acceptors (Lipinski definition) is 6. The minimum atomic E-state index is -0.307. The first-order valence-corrected chi connectivity index (χ1v) is 7.24. The van der Waals surface area contributed by atoms with Crippen LogP contribution >= 0.6 is 11.3 Å². The Kier molecular flexibility index (Phi) is 4.69. The number of aryl methyl sites for hydroxylation is 2. The van der Waals surface area contributed by atoms with Crippen molar-refractivity contribution in [2.45, 2.75) is 20.4 Å². The van der Waals surface area contributed by atoms with E-state index >= 15 is 0 Å². The van der Waals surface area contributed by atoms with Gasteiger partial charge in [0.2, 0.25) is 0 Å². The number of carbonyl (C=O) groups is 1. The number of nitrogens with one attached hydrogen (secondary N) is 2. The summed E-state index contributed by atoms with van der Waals surface area (Å²) in [5.41, 5.74) is 1.56. The van der Waals surface area contributed by atoms with Gasteiger partial charge in [-0.3, -0.25) is 0 Å². The standard InChI is InChI=1S/C13H18N6OS/c1-8-9(2)21-11(17-8)6-15-13(20)18-10-5-14-7-16-12(10)19(3)4/h5,7H,6H2,1-4H3,(H2,15,18,20). The molecule has 0 bridgehead atoms. The zero-order valence-electron chi connectivity index (χ0n) is 12.5. The number of thiazole rings is 1. The normalized spacial score (nSPS) is 10.3. The molecule has 0 radical (unpaired) electrons. The summed E-state index contributed by atoms with van der Waals surface area (Å²) in [7, 11) is 3.71. The lowest BCUT2D eigenvalue weighted by atomic mass is 10.4. The molecule has 0 atom stereocenters. The van der Waals surface area contributed by atoms with Crippen LogP contribution in [0.3, 0.4) is 0 Å². The lowest BCUT2D eigenvalue weighted by Gasteiger charge is -2.15. The zero-order valence-corrected chi connectivity index (χ0v) is 13.3. The van der Waals surface area contributed by atoms with Crippen molar-refractivity contribution in [1.82, 2.24) is 20.3 Å². The Bertz CT molecular complexity index is 620. The largest absolute Gasteiger partial charge is 0.361 e. The highest BCUT2D eigenvalue weighted by Gasteiger charge is 2.10. The molecule has 2 aromatic rings. The fourth-order valence-corrected chi connectivity index (χ4v) is 2.58. The maximum absolute atomic E-state index is 11.9. The summed E-state index contributed by atoms with van der Waals surface area (Å²) in [6, 6.07) is -0.307. The Morgan fingerprint density at radius 3 is 2.76 bits per heavy atom. The molecule has 2 rings (SSSR count). The van der Waals surface area contributed by atoms with E-state index in [1.807, 2.05) is 32.8 Å². The van der Waals surface area contributed by atoms with Gasteiger partial charge in [0.25, 0.3) is 0 Å². The van der Waals surface area contributed by atoms with Gasteiger partial charge in [0, 0.05) is 19.0 Å². The molecule has 7 nitrogen and oxygen atoms in total. The van der Waals surface area contributed by atoms with Gasteiger partial charge in [-0.1, -0.05) is 0 Å². The third kappa shape index (κ3) is 3.88. The summed E-state index contributed by atoms with van der Waals surface area (Å²) in [5.74, 6) is 0.654. The molecule has 21 heavy (non-hydrogen) atoms. The number of hydrogen-bond donors (Lipinski definition) is 2. The second-order valence-corrected chi connectivity index (χ2v) is 6.00. The number of amides is 2. The van der Waals surface area contributed by atoms with Gasteiger partial charge in [-0.2, -0.15) is 0 Å². The van der Waals surface area contributed by atoms with Crippen LogP contribution in [0.25, 0.3) is 0 Å². The summed E-state index contributed by atoms with van der Waals surface area (Å²) < 4.78 is 0. The Balaban J connectivity index is 1.96. The maximum Gasteiger partial charge on any atom is 0.319 e. The van der Waals surface area contributed by atoms with E-state index in [0.717, 1.165) is 10.7 Å². The first kappa shape index (κ1) is 15.2. The highest BCUT2D eigenvalue weighted by molar-refractivity contribution is 7.11. The molecule has 0 aliphatic rings. The van der Waals surface area contributed by atoms with Gasteiger partial charge in [-0.05, 0) is 13.8 Å². The highest BCUT2D eigenvalue weighted by atomic mass is 32.1. The van der Waals surface area contributed by atoms with Gasteiger partial charge in [0.15, 0.2) is 5.82 Å². The van der Waals surface area contributed by atoms with E-state index in [2.05, 4.69) is 25.6 Å². The first-order valence-electron chi connectivity index (χ1n) is 6.42. The SMILES string of the molecule is Cc1nc(CNC(=O)Nc2cncnc2N(C)C)sc1C. The molecule has 0 saturated heterocycles. The molecule has 2 heterocycles. The number of urea groups is 1. The molecule has 0 saturated carbocycles. The van der Waals surface area contributed by atoms with E-state index < -0.39 is 0 Å². The molecule has 0 spiro atoms. The quantitative estimate of drug-likeness (QED) is 0.902. The Morgan fingerprint density at radius 2 is 2.14 bits per heavy atom. The van der Waals surface area contributed by atoms with Crippen molar-refractivity contribution < 1.29 is 4.79 Å². The van der Waals surface area contributed by atoms with Crippen molar-refractivity contribution in [3.05, 3.63) is 28.1 Å². The predicted octanol–water partition coefficient (Wildman–Crippen LogP) is 1.94. The molecule has 112 valence electrons. The van der Waals surface area contributed by atoms with Crippen molar-refractivity contribution in [2.75, 3.05) is 24.3 Å². The van der Waals surface area contributed by atoms with Gasteiger partial charge < -0.3 is 15.5 Å². The van der Waals surface area contributed by atoms with Crippen LogP contribution < -0.4 is 15.5 Å². The predicted molar refractivity (Wildman–Crippen MR) is 83.8 cm³/mol. The monoisotopic (exact) mass is 306 g/mol. The maximum atomic E-state index is 11.9. The van der Waals surface area contributed by atoms with Gasteiger partial charge in [0.05, 0.1) is 18.4 Å². The molecule has 2 amide bonds. The van der Waals surface area contributed by atoms with Crippen molar-refractivity contribution in [2.24, 2.45) is 0 Å². The lowest BCUT2D eigenvalue weighted by molar-refractivity contribution is 0.251. The van der Waals surface area contributed by atoms with Crippen LogP contribution in [-0.2, 0) is 6.54 Å². The van der Waals surface area contributed by atoms with Crippen LogP contribution in [-0.4, -0.2) is 35.1 Å². The lowest BCUT2D eigenvalue weighted by Crippen LogP contribution is -2.29. The summed E-state index contributed by atoms with van der Waals surface area (Å²) in [5, 5.41) is 6.41. The minimum Gasteiger partial charge on any atom is -0.361 e. The van der Waals surface area contributed by atoms with Crippen molar-refractivity contribution in [1.29, 1.82) is 0 Å². The molecule has 2 aromatic heterocycles. The summed E-state index contributed by atoms with van der Waals surface area (Å²) in [4.78, 5) is 27.3. The highest BCUT2D eigenvalue weighted by Crippen LogP contribution is 2.19. The van der Waals surface area contributed by atoms with Crippen LogP contribution in [0.1, 0.15) is 15.6 Å². The van der Waals surface area contributed by atoms with Gasteiger partial charge >= 0.3 is 6.03 Å². The van der Waals surface area contributed by atoms with Gasteiger partial charge in [-0.15, -0.1) is 11.3 Å². The number of carbonyl (C=O) groups excluding carboxylic acids is 1. The summed E-state index contributed by atoms with van der Waals surface area (Å²) in [6.07, 6.45) is 3.01. The van der Waals surface area contributed by atoms with E-state index in [1.54, 1.807) is 17.5 Å². The second-order valence-electron chi connectivity index (χ2n) is 4.71. The molecule has 0 unspecified atom stereocenters. The molecule has 8 heteroatoms. The summed E-state index contributed by atoms with van der Waals surface area (Å²) in [6.45, 7) is 4.37. The smallest absolute Gasteiger partial charge is 0.319 e. The van der Waals surface area contributed by atoms with E-state index in [4.69, 9.17) is 0 Å². The number of nitrogens with zero attached hydrogens (tertiary/aromatic N) is 4. The van der Waals surface area contributed by atoms with Crippen LogP contribution in [0.4, 0.5) is 16.3 Å². The molecular weight excluding hydrogens is 288 g/mol. The third-order valence-corrected chi connectivity index (χ3v) is 3.91. The van der Waals surface area contributed by atoms with Crippen LogP contribution in [0.5, 0.6) is 0 Å². The van der Waals surface area contributed by atoms with Crippen molar-refractivity contribution in [3.8, 4) is 0 Å². The average Bonchev–Trinajstić information content (AvgIpc) is 2.76. The number of aromatic nitrogens is 3. The topological polar surface area (TPSA) is 83.0 Å². The zero-order chi connectivity index (χ0) is 15.4. The Morgan fingerprint density at radius 1 is 1.38 bits per heavy atom. The third-order valence-electron chi connectivity index (χ3n) is 2.84. The van der Waals surface area contributed by atoms with Crippen LogP contribution in [0, 0.1) is 13.8 Å². The molecular formula is C13H18N6OS. The molecule has 2 N–H and O–H groups in total. The summed E-state index contributed by atoms with van der Waals surface area (Å²) >= 11 is 1.58. The Labute approximate surface area is 127 Å². The molecule has 0 fully saturated rings. The first-order chi connectivity index (χ1) is 9.97. The van der Waals surface area contributed by atoms with E-state index in [9.17, 15) is 4.79 Å². The number of anilines is 2. The number of rotatable bonds is 4. The second kappa shape index (κ2) is 6.49. The molecule has 0 aliphatic heterocycles. The van der Waals surface area contributed by atoms with Gasteiger partial charge in [-0.25, -0.2) is 19.7 Å².